The van der Waals surface area contributed by atoms with Crippen molar-refractivity contribution < 1.29 is 14.3 Å². The Labute approximate surface area is 152 Å². The van der Waals surface area contributed by atoms with Gasteiger partial charge in [0.15, 0.2) is 0 Å². The third kappa shape index (κ3) is 6.51. The molecule has 2 N–H and O–H groups in total. The van der Waals surface area contributed by atoms with Crippen molar-refractivity contribution in [1.82, 2.24) is 5.32 Å². The smallest absolute Gasteiger partial charge is 0.234 e. The van der Waals surface area contributed by atoms with E-state index in [9.17, 15) is 9.59 Å². The first kappa shape index (κ1) is 18.9. The lowest BCUT2D eigenvalue weighted by atomic mass is 10.2. The molecule has 0 aliphatic carbocycles. The molecule has 0 fully saturated rings. The molecular weight excluding hydrogens is 336 g/mol. The molecule has 0 spiro atoms. The Kier molecular flexibility index (Phi) is 7.35. The number of thioether (sulfide) groups is 1. The number of amides is 2. The summed E-state index contributed by atoms with van der Waals surface area (Å²) in [6, 6.07) is 15.1. The van der Waals surface area contributed by atoms with E-state index in [1.165, 1.54) is 11.8 Å². The zero-order valence-electron chi connectivity index (χ0n) is 14.4. The van der Waals surface area contributed by atoms with Crippen LogP contribution in [0.4, 0.5) is 5.69 Å². The minimum Gasteiger partial charge on any atom is -0.496 e. The van der Waals surface area contributed by atoms with Crippen molar-refractivity contribution in [2.75, 3.05) is 23.9 Å². The Balaban J connectivity index is 1.69. The summed E-state index contributed by atoms with van der Waals surface area (Å²) >= 11 is 1.28. The van der Waals surface area contributed by atoms with E-state index < -0.39 is 0 Å². The van der Waals surface area contributed by atoms with Crippen LogP contribution in [0.2, 0.25) is 0 Å². The van der Waals surface area contributed by atoms with E-state index in [4.69, 9.17) is 4.74 Å². The second-order valence-corrected chi connectivity index (χ2v) is 6.48. The van der Waals surface area contributed by atoms with Crippen LogP contribution in [0.5, 0.6) is 5.75 Å². The molecule has 0 aliphatic heterocycles. The second kappa shape index (κ2) is 9.74. The van der Waals surface area contributed by atoms with E-state index >= 15 is 0 Å². The van der Waals surface area contributed by atoms with Crippen LogP contribution in [-0.2, 0) is 16.1 Å². The fourth-order valence-electron chi connectivity index (χ4n) is 2.25. The molecule has 0 atom stereocenters. The zero-order valence-corrected chi connectivity index (χ0v) is 15.2. The van der Waals surface area contributed by atoms with Gasteiger partial charge in [-0.2, -0.15) is 0 Å². The van der Waals surface area contributed by atoms with E-state index in [-0.39, 0.29) is 23.3 Å². The highest BCUT2D eigenvalue weighted by Crippen LogP contribution is 2.16. The second-order valence-electron chi connectivity index (χ2n) is 5.50. The summed E-state index contributed by atoms with van der Waals surface area (Å²) in [6.07, 6.45) is 0. The van der Waals surface area contributed by atoms with Crippen molar-refractivity contribution >= 4 is 29.3 Å². The number of methoxy groups -OCH3 is 1. The van der Waals surface area contributed by atoms with Crippen molar-refractivity contribution in [1.29, 1.82) is 0 Å². The van der Waals surface area contributed by atoms with Gasteiger partial charge in [0.2, 0.25) is 11.8 Å². The van der Waals surface area contributed by atoms with E-state index in [0.29, 0.717) is 6.54 Å². The van der Waals surface area contributed by atoms with Gasteiger partial charge in [-0.1, -0.05) is 30.3 Å². The number of anilines is 1. The number of rotatable bonds is 8. The van der Waals surface area contributed by atoms with Crippen molar-refractivity contribution in [3.05, 3.63) is 59.7 Å². The summed E-state index contributed by atoms with van der Waals surface area (Å²) in [6.45, 7) is 2.37. The highest BCUT2D eigenvalue weighted by molar-refractivity contribution is 8.00. The lowest BCUT2D eigenvalue weighted by Gasteiger charge is -2.09. The molecular formula is C19H22N2O3S. The molecule has 0 aliphatic rings. The fraction of sp³-hybridized carbons (Fsp3) is 0.263. The summed E-state index contributed by atoms with van der Waals surface area (Å²) in [5.41, 5.74) is 2.77. The van der Waals surface area contributed by atoms with Gasteiger partial charge in [0, 0.05) is 17.8 Å². The van der Waals surface area contributed by atoms with E-state index in [1.807, 2.05) is 55.5 Å². The molecule has 2 aromatic rings. The Morgan fingerprint density at radius 3 is 2.56 bits per heavy atom. The monoisotopic (exact) mass is 358 g/mol. The Hall–Kier alpha value is -2.47. The normalized spacial score (nSPS) is 10.2. The van der Waals surface area contributed by atoms with Crippen molar-refractivity contribution in [2.24, 2.45) is 0 Å². The maximum absolute atomic E-state index is 11.9. The average Bonchev–Trinajstić information content (AvgIpc) is 2.60. The fourth-order valence-corrected chi connectivity index (χ4v) is 2.90. The van der Waals surface area contributed by atoms with Crippen LogP contribution in [0.1, 0.15) is 11.1 Å². The molecule has 2 rings (SSSR count). The van der Waals surface area contributed by atoms with Crippen LogP contribution >= 0.6 is 11.8 Å². The summed E-state index contributed by atoms with van der Waals surface area (Å²) in [5, 5.41) is 5.65. The minimum atomic E-state index is -0.117. The van der Waals surface area contributed by atoms with Crippen LogP contribution in [0.15, 0.2) is 48.5 Å². The SMILES string of the molecule is COc1ccccc1CNC(=O)CSCC(=O)Nc1cccc(C)c1. The van der Waals surface area contributed by atoms with Crippen LogP contribution in [0, 0.1) is 6.92 Å². The van der Waals surface area contributed by atoms with Gasteiger partial charge in [0.05, 0.1) is 18.6 Å². The maximum Gasteiger partial charge on any atom is 0.234 e. The highest BCUT2D eigenvalue weighted by atomic mass is 32.2. The number of ether oxygens (including phenoxy) is 1. The standard InChI is InChI=1S/C19H22N2O3S/c1-14-6-5-8-16(10-14)21-19(23)13-25-12-18(22)20-11-15-7-3-4-9-17(15)24-2/h3-10H,11-13H2,1-2H3,(H,20,22)(H,21,23). The molecule has 2 amide bonds. The van der Waals surface area contributed by atoms with Crippen molar-refractivity contribution in [2.45, 2.75) is 13.5 Å². The third-order valence-electron chi connectivity index (χ3n) is 3.44. The van der Waals surface area contributed by atoms with Crippen LogP contribution in [-0.4, -0.2) is 30.4 Å². The molecule has 0 saturated carbocycles. The number of hydrogen-bond acceptors (Lipinski definition) is 4. The Morgan fingerprint density at radius 2 is 1.80 bits per heavy atom. The lowest BCUT2D eigenvalue weighted by Crippen LogP contribution is -2.25. The molecule has 132 valence electrons. The number of carbonyl (C=O) groups excluding carboxylic acids is 2. The van der Waals surface area contributed by atoms with E-state index in [0.717, 1.165) is 22.6 Å². The predicted octanol–water partition coefficient (Wildman–Crippen LogP) is 2.99. The minimum absolute atomic E-state index is 0.112. The first-order valence-electron chi connectivity index (χ1n) is 7.91. The molecule has 6 heteroatoms. The lowest BCUT2D eigenvalue weighted by molar-refractivity contribution is -0.118. The van der Waals surface area contributed by atoms with Gasteiger partial charge < -0.3 is 15.4 Å². The third-order valence-corrected chi connectivity index (χ3v) is 4.37. The summed E-state index contributed by atoms with van der Waals surface area (Å²) in [5.74, 6) is 0.979. The van der Waals surface area contributed by atoms with Gasteiger partial charge in [-0.3, -0.25) is 9.59 Å². The Bertz CT molecular complexity index is 734. The number of hydrogen-bond donors (Lipinski definition) is 2. The highest BCUT2D eigenvalue weighted by Gasteiger charge is 2.08. The quantitative estimate of drug-likeness (QED) is 0.761. The first-order valence-corrected chi connectivity index (χ1v) is 9.07. The van der Waals surface area contributed by atoms with E-state index in [2.05, 4.69) is 10.6 Å². The van der Waals surface area contributed by atoms with Crippen molar-refractivity contribution in [3.8, 4) is 5.75 Å². The number of benzene rings is 2. The molecule has 0 unspecified atom stereocenters. The van der Waals surface area contributed by atoms with Crippen LogP contribution < -0.4 is 15.4 Å². The number of para-hydroxylation sites is 1. The summed E-state index contributed by atoms with van der Waals surface area (Å²) < 4.78 is 5.25. The van der Waals surface area contributed by atoms with E-state index in [1.54, 1.807) is 7.11 Å². The molecule has 0 aromatic heterocycles. The summed E-state index contributed by atoms with van der Waals surface area (Å²) in [4.78, 5) is 23.8. The molecule has 0 heterocycles. The number of carbonyl (C=O) groups is 2. The molecule has 25 heavy (non-hydrogen) atoms. The van der Waals surface area contributed by atoms with Gasteiger partial charge in [-0.15, -0.1) is 11.8 Å². The first-order chi connectivity index (χ1) is 12.1. The molecule has 0 bridgehead atoms. The van der Waals surface area contributed by atoms with Crippen LogP contribution in [0.25, 0.3) is 0 Å². The molecule has 2 aromatic carbocycles. The molecule has 0 saturated heterocycles. The summed E-state index contributed by atoms with van der Waals surface area (Å²) in [7, 11) is 1.60. The van der Waals surface area contributed by atoms with Gasteiger partial charge in [-0.05, 0) is 30.7 Å². The molecule has 5 nitrogen and oxygen atoms in total. The maximum atomic E-state index is 11.9. The van der Waals surface area contributed by atoms with Gasteiger partial charge in [0.25, 0.3) is 0 Å². The topological polar surface area (TPSA) is 67.4 Å². The van der Waals surface area contributed by atoms with Gasteiger partial charge in [0.1, 0.15) is 5.75 Å². The zero-order chi connectivity index (χ0) is 18.1. The number of aryl methyl sites for hydroxylation is 1. The predicted molar refractivity (Wildman–Crippen MR) is 102 cm³/mol. The van der Waals surface area contributed by atoms with Gasteiger partial charge in [-0.25, -0.2) is 0 Å². The van der Waals surface area contributed by atoms with Crippen LogP contribution in [0.3, 0.4) is 0 Å². The average molecular weight is 358 g/mol. The Morgan fingerprint density at radius 1 is 1.04 bits per heavy atom. The largest absolute Gasteiger partial charge is 0.496 e. The van der Waals surface area contributed by atoms with Gasteiger partial charge >= 0.3 is 0 Å². The molecule has 0 radical (unpaired) electrons. The number of nitrogens with one attached hydrogen (secondary N) is 2. The van der Waals surface area contributed by atoms with Crippen molar-refractivity contribution in [3.63, 3.8) is 0 Å².